The number of ether oxygens (including phenoxy) is 1. The first-order valence-corrected chi connectivity index (χ1v) is 7.30. The molecule has 0 aliphatic rings. The number of aliphatic carboxylic acids is 1. The lowest BCUT2D eigenvalue weighted by Crippen LogP contribution is -2.34. The van der Waals surface area contributed by atoms with Crippen molar-refractivity contribution < 1.29 is 19.4 Å². The van der Waals surface area contributed by atoms with Gasteiger partial charge in [-0.25, -0.2) is 0 Å². The Kier molecular flexibility index (Phi) is 5.88. The summed E-state index contributed by atoms with van der Waals surface area (Å²) in [5, 5.41) is 8.73. The van der Waals surface area contributed by atoms with Gasteiger partial charge in [0.1, 0.15) is 12.6 Å². The number of benzene rings is 2. The van der Waals surface area contributed by atoms with Gasteiger partial charge >= 0.3 is 11.9 Å². The van der Waals surface area contributed by atoms with Crippen LogP contribution in [0.5, 0.6) is 0 Å². The lowest BCUT2D eigenvalue weighted by molar-refractivity contribution is -0.146. The predicted molar refractivity (Wildman–Crippen MR) is 85.7 cm³/mol. The van der Waals surface area contributed by atoms with E-state index in [-0.39, 0.29) is 13.0 Å². The van der Waals surface area contributed by atoms with Crippen LogP contribution < -0.4 is 5.73 Å². The fraction of sp³-hybridized carbons (Fsp3) is 0.222. The number of carbonyl (C=O) groups is 2. The van der Waals surface area contributed by atoms with Gasteiger partial charge in [0.2, 0.25) is 0 Å². The van der Waals surface area contributed by atoms with E-state index in [9.17, 15) is 9.59 Å². The van der Waals surface area contributed by atoms with E-state index in [1.165, 1.54) is 0 Å². The summed E-state index contributed by atoms with van der Waals surface area (Å²) in [6.45, 7) is 0.199. The van der Waals surface area contributed by atoms with Gasteiger partial charge in [-0.05, 0) is 23.1 Å². The Labute approximate surface area is 134 Å². The summed E-state index contributed by atoms with van der Waals surface area (Å²) in [5.41, 5.74) is 8.35. The number of carboxylic acid groups (broad SMARTS) is 1. The quantitative estimate of drug-likeness (QED) is 0.762. The summed E-state index contributed by atoms with van der Waals surface area (Å²) >= 11 is 0. The van der Waals surface area contributed by atoms with E-state index in [4.69, 9.17) is 15.6 Å². The van der Waals surface area contributed by atoms with Crippen molar-refractivity contribution in [2.75, 3.05) is 0 Å². The Balaban J connectivity index is 1.84. The van der Waals surface area contributed by atoms with Crippen LogP contribution in [0.4, 0.5) is 0 Å². The number of carbonyl (C=O) groups excluding carboxylic acids is 1. The topological polar surface area (TPSA) is 89.6 Å². The number of nitrogens with two attached hydrogens (primary N) is 1. The van der Waals surface area contributed by atoms with Crippen molar-refractivity contribution in [3.8, 4) is 0 Å². The highest BCUT2D eigenvalue weighted by Gasteiger charge is 2.16. The smallest absolute Gasteiger partial charge is 0.323 e. The number of esters is 1. The zero-order valence-corrected chi connectivity index (χ0v) is 12.6. The molecular weight excluding hydrogens is 294 g/mol. The third-order valence-corrected chi connectivity index (χ3v) is 3.36. The Morgan fingerprint density at radius 3 is 2.17 bits per heavy atom. The largest absolute Gasteiger partial charge is 0.481 e. The Hall–Kier alpha value is -2.66. The summed E-state index contributed by atoms with van der Waals surface area (Å²) in [7, 11) is 0. The average molecular weight is 313 g/mol. The molecule has 0 bridgehead atoms. The van der Waals surface area contributed by atoms with Crippen molar-refractivity contribution in [1.82, 2.24) is 0 Å². The molecule has 3 N–H and O–H groups in total. The summed E-state index contributed by atoms with van der Waals surface area (Å²) in [6.07, 6.45) is 0.326. The highest BCUT2D eigenvalue weighted by molar-refractivity contribution is 5.76. The van der Waals surface area contributed by atoms with E-state index >= 15 is 0 Å². The Morgan fingerprint density at radius 1 is 0.957 bits per heavy atom. The second-order valence-corrected chi connectivity index (χ2v) is 5.29. The first-order chi connectivity index (χ1) is 11.0. The normalized spacial score (nSPS) is 11.7. The Morgan fingerprint density at radius 2 is 1.57 bits per heavy atom. The number of carboxylic acids is 1. The van der Waals surface area contributed by atoms with Crippen LogP contribution in [0.15, 0.2) is 54.6 Å². The van der Waals surface area contributed by atoms with Gasteiger partial charge in [-0.3, -0.25) is 9.59 Å². The first-order valence-electron chi connectivity index (χ1n) is 7.30. The van der Waals surface area contributed by atoms with Gasteiger partial charge in [-0.2, -0.15) is 0 Å². The van der Waals surface area contributed by atoms with Crippen molar-refractivity contribution in [2.24, 2.45) is 5.73 Å². The number of hydrogen-bond donors (Lipinski definition) is 2. The minimum Gasteiger partial charge on any atom is -0.481 e. The average Bonchev–Trinajstić information content (AvgIpc) is 2.55. The van der Waals surface area contributed by atoms with Gasteiger partial charge in [-0.15, -0.1) is 0 Å². The molecule has 5 heteroatoms. The molecule has 1 atom stereocenters. The molecule has 0 fully saturated rings. The summed E-state index contributed by atoms with van der Waals surface area (Å²) in [4.78, 5) is 22.5. The van der Waals surface area contributed by atoms with Crippen LogP contribution >= 0.6 is 0 Å². The predicted octanol–water partition coefficient (Wildman–Crippen LogP) is 1.93. The van der Waals surface area contributed by atoms with E-state index in [1.807, 2.05) is 30.3 Å². The molecule has 0 radical (unpaired) electrons. The summed E-state index contributed by atoms with van der Waals surface area (Å²) in [6, 6.07) is 15.7. The molecule has 2 aromatic carbocycles. The van der Waals surface area contributed by atoms with Crippen molar-refractivity contribution in [3.05, 3.63) is 71.3 Å². The summed E-state index contributed by atoms with van der Waals surface area (Å²) in [5.74, 6) is -1.33. The third kappa shape index (κ3) is 5.56. The van der Waals surface area contributed by atoms with Crippen LogP contribution in [0, 0.1) is 0 Å². The van der Waals surface area contributed by atoms with E-state index in [0.717, 1.165) is 11.1 Å². The van der Waals surface area contributed by atoms with Gasteiger partial charge < -0.3 is 15.6 Å². The monoisotopic (exact) mass is 313 g/mol. The van der Waals surface area contributed by atoms with Gasteiger partial charge in [0.25, 0.3) is 0 Å². The van der Waals surface area contributed by atoms with Gasteiger partial charge in [-0.1, -0.05) is 54.6 Å². The first kappa shape index (κ1) is 16.7. The molecule has 2 aromatic rings. The summed E-state index contributed by atoms with van der Waals surface area (Å²) < 4.78 is 5.20. The van der Waals surface area contributed by atoms with Crippen LogP contribution in [0.3, 0.4) is 0 Å². The van der Waals surface area contributed by atoms with Gasteiger partial charge in [0, 0.05) is 0 Å². The number of rotatable bonds is 7. The van der Waals surface area contributed by atoms with E-state index in [2.05, 4.69) is 0 Å². The molecule has 0 heterocycles. The van der Waals surface area contributed by atoms with Crippen LogP contribution in [0.2, 0.25) is 0 Å². The highest BCUT2D eigenvalue weighted by Crippen LogP contribution is 2.09. The van der Waals surface area contributed by atoms with Crippen molar-refractivity contribution in [1.29, 1.82) is 0 Å². The fourth-order valence-corrected chi connectivity index (χ4v) is 2.14. The van der Waals surface area contributed by atoms with E-state index < -0.39 is 18.0 Å². The molecule has 0 saturated heterocycles. The second-order valence-electron chi connectivity index (χ2n) is 5.29. The molecule has 5 nitrogen and oxygen atoms in total. The second kappa shape index (κ2) is 8.10. The van der Waals surface area contributed by atoms with Crippen LogP contribution in [-0.2, 0) is 33.8 Å². The maximum absolute atomic E-state index is 11.9. The zero-order chi connectivity index (χ0) is 16.7. The molecule has 0 amide bonds. The molecule has 2 rings (SSSR count). The lowest BCUT2D eigenvalue weighted by Gasteiger charge is -2.12. The van der Waals surface area contributed by atoms with Crippen LogP contribution in [0.25, 0.3) is 0 Å². The third-order valence-electron chi connectivity index (χ3n) is 3.36. The minimum absolute atomic E-state index is 0.0224. The molecule has 0 aliphatic heterocycles. The zero-order valence-electron chi connectivity index (χ0n) is 12.6. The van der Waals surface area contributed by atoms with Crippen molar-refractivity contribution >= 4 is 11.9 Å². The molecule has 23 heavy (non-hydrogen) atoms. The highest BCUT2D eigenvalue weighted by atomic mass is 16.5. The van der Waals surface area contributed by atoms with Crippen LogP contribution in [0.1, 0.15) is 16.7 Å². The SMILES string of the molecule is N[C@@H](Cc1ccc(CC(=O)O)cc1)C(=O)OCc1ccccc1. The standard InChI is InChI=1S/C18H19NO4/c19-16(18(22)23-12-15-4-2-1-3-5-15)10-13-6-8-14(9-7-13)11-17(20)21/h1-9,16H,10-12,19H2,(H,20,21)/t16-/m0/s1. The van der Waals surface area contributed by atoms with Crippen molar-refractivity contribution in [2.45, 2.75) is 25.5 Å². The van der Waals surface area contributed by atoms with Gasteiger partial charge in [0.15, 0.2) is 0 Å². The Bertz CT molecular complexity index is 652. The molecule has 0 aliphatic carbocycles. The van der Waals surface area contributed by atoms with Crippen LogP contribution in [-0.4, -0.2) is 23.1 Å². The maximum Gasteiger partial charge on any atom is 0.323 e. The fourth-order valence-electron chi connectivity index (χ4n) is 2.14. The molecule has 0 saturated carbocycles. The molecule has 0 spiro atoms. The van der Waals surface area contributed by atoms with E-state index in [0.29, 0.717) is 12.0 Å². The lowest BCUT2D eigenvalue weighted by atomic mass is 10.0. The molecule has 0 unspecified atom stereocenters. The molecule has 0 aromatic heterocycles. The minimum atomic E-state index is -0.876. The number of hydrogen-bond acceptors (Lipinski definition) is 4. The molecule has 120 valence electrons. The van der Waals surface area contributed by atoms with Gasteiger partial charge in [0.05, 0.1) is 6.42 Å². The maximum atomic E-state index is 11.9. The van der Waals surface area contributed by atoms with Crippen molar-refractivity contribution in [3.63, 3.8) is 0 Å². The molecular formula is C18H19NO4. The van der Waals surface area contributed by atoms with E-state index in [1.54, 1.807) is 24.3 Å².